The van der Waals surface area contributed by atoms with Crippen LogP contribution in [0.1, 0.15) is 20.7 Å². The van der Waals surface area contributed by atoms with E-state index in [2.05, 4.69) is 15.6 Å². The van der Waals surface area contributed by atoms with Crippen molar-refractivity contribution in [2.24, 2.45) is 0 Å². The Bertz CT molecular complexity index is 1060. The maximum atomic E-state index is 13.3. The lowest BCUT2D eigenvalue weighted by Crippen LogP contribution is -2.16. The molecule has 3 aromatic rings. The highest BCUT2D eigenvalue weighted by Crippen LogP contribution is 2.29. The number of nitrogens with zero attached hydrogens (tertiary/aromatic N) is 1. The summed E-state index contributed by atoms with van der Waals surface area (Å²) < 4.78 is 23.6. The van der Waals surface area contributed by atoms with Gasteiger partial charge in [-0.2, -0.15) is 0 Å². The summed E-state index contributed by atoms with van der Waals surface area (Å²) in [5, 5.41) is 5.27. The van der Waals surface area contributed by atoms with Crippen molar-refractivity contribution < 1.29 is 23.5 Å². The second-order valence-electron chi connectivity index (χ2n) is 5.95. The monoisotopic (exact) mass is 395 g/mol. The number of anilines is 2. The molecule has 0 aliphatic rings. The summed E-state index contributed by atoms with van der Waals surface area (Å²) in [7, 11) is 3.01. The third kappa shape index (κ3) is 4.86. The van der Waals surface area contributed by atoms with E-state index in [9.17, 15) is 14.0 Å². The summed E-state index contributed by atoms with van der Waals surface area (Å²) in [5.74, 6) is -0.437. The predicted octanol–water partition coefficient (Wildman–Crippen LogP) is 3.74. The second kappa shape index (κ2) is 8.83. The van der Waals surface area contributed by atoms with Gasteiger partial charge in [-0.1, -0.05) is 6.07 Å². The molecular weight excluding hydrogens is 377 g/mol. The molecule has 148 valence electrons. The zero-order chi connectivity index (χ0) is 20.8. The van der Waals surface area contributed by atoms with E-state index < -0.39 is 17.6 Å². The minimum Gasteiger partial charge on any atom is -0.493 e. The van der Waals surface area contributed by atoms with Crippen molar-refractivity contribution in [2.75, 3.05) is 24.9 Å². The van der Waals surface area contributed by atoms with Crippen molar-refractivity contribution in [3.05, 3.63) is 77.9 Å². The van der Waals surface area contributed by atoms with Gasteiger partial charge >= 0.3 is 0 Å². The topological polar surface area (TPSA) is 89.5 Å². The Kier molecular flexibility index (Phi) is 6.03. The van der Waals surface area contributed by atoms with Gasteiger partial charge in [0.2, 0.25) is 0 Å². The van der Waals surface area contributed by atoms with Gasteiger partial charge in [0.25, 0.3) is 11.8 Å². The Morgan fingerprint density at radius 3 is 2.03 bits per heavy atom. The number of ether oxygens (including phenoxy) is 2. The summed E-state index contributed by atoms with van der Waals surface area (Å²) >= 11 is 0. The van der Waals surface area contributed by atoms with Gasteiger partial charge in [-0.3, -0.25) is 14.6 Å². The molecule has 0 aliphatic heterocycles. The second-order valence-corrected chi connectivity index (χ2v) is 5.95. The van der Waals surface area contributed by atoms with Crippen LogP contribution in [0.2, 0.25) is 0 Å². The zero-order valence-electron chi connectivity index (χ0n) is 15.7. The molecule has 0 unspecified atom stereocenters. The smallest absolute Gasteiger partial charge is 0.257 e. The number of rotatable bonds is 6. The molecule has 2 amide bonds. The van der Waals surface area contributed by atoms with Gasteiger partial charge in [0.05, 0.1) is 25.3 Å². The minimum atomic E-state index is -0.510. The average molecular weight is 395 g/mol. The molecule has 0 saturated carbocycles. The average Bonchev–Trinajstić information content (AvgIpc) is 2.73. The molecule has 0 saturated heterocycles. The number of nitrogens with one attached hydrogen (secondary N) is 2. The molecule has 0 spiro atoms. The Morgan fingerprint density at radius 2 is 1.45 bits per heavy atom. The highest BCUT2D eigenvalue weighted by Gasteiger charge is 2.13. The third-order valence-corrected chi connectivity index (χ3v) is 3.99. The molecule has 3 rings (SSSR count). The molecule has 0 fully saturated rings. The number of hydrogen-bond acceptors (Lipinski definition) is 5. The number of aromatic nitrogens is 1. The lowest BCUT2D eigenvalue weighted by molar-refractivity contribution is 0.102. The predicted molar refractivity (Wildman–Crippen MR) is 106 cm³/mol. The number of benzene rings is 2. The summed E-state index contributed by atoms with van der Waals surface area (Å²) in [6.45, 7) is 0. The fourth-order valence-electron chi connectivity index (χ4n) is 2.58. The van der Waals surface area contributed by atoms with Gasteiger partial charge in [-0.05, 0) is 36.4 Å². The molecule has 0 atom stereocenters. The van der Waals surface area contributed by atoms with Crippen LogP contribution >= 0.6 is 0 Å². The summed E-state index contributed by atoms with van der Waals surface area (Å²) in [6, 6.07) is 11.8. The van der Waals surface area contributed by atoms with E-state index in [1.807, 2.05) is 0 Å². The van der Waals surface area contributed by atoms with E-state index in [1.54, 1.807) is 24.3 Å². The van der Waals surface area contributed by atoms with Gasteiger partial charge in [0, 0.05) is 29.8 Å². The summed E-state index contributed by atoms with van der Waals surface area (Å²) in [4.78, 5) is 28.9. The number of hydrogen-bond donors (Lipinski definition) is 2. The number of methoxy groups -OCH3 is 2. The van der Waals surface area contributed by atoms with E-state index >= 15 is 0 Å². The van der Waals surface area contributed by atoms with Gasteiger partial charge in [0.15, 0.2) is 11.5 Å². The number of carbonyl (C=O) groups is 2. The molecule has 1 heterocycles. The summed E-state index contributed by atoms with van der Waals surface area (Å²) in [6.07, 6.45) is 2.66. The normalized spacial score (nSPS) is 10.2. The Labute approximate surface area is 166 Å². The van der Waals surface area contributed by atoms with E-state index in [-0.39, 0.29) is 11.1 Å². The molecule has 7 nitrogen and oxygen atoms in total. The molecule has 29 heavy (non-hydrogen) atoms. The minimum absolute atomic E-state index is 0.161. The summed E-state index contributed by atoms with van der Waals surface area (Å²) in [5.41, 5.74) is 1.14. The molecule has 2 N–H and O–H groups in total. The highest BCUT2D eigenvalue weighted by molar-refractivity contribution is 6.08. The number of amides is 2. The first kappa shape index (κ1) is 19.8. The van der Waals surface area contributed by atoms with Crippen molar-refractivity contribution in [3.8, 4) is 11.5 Å². The lowest BCUT2D eigenvalue weighted by atomic mass is 10.1. The fraction of sp³-hybridized carbons (Fsp3) is 0.0952. The van der Waals surface area contributed by atoms with E-state index in [1.165, 1.54) is 50.9 Å². The first-order valence-electron chi connectivity index (χ1n) is 8.55. The number of carbonyl (C=O) groups excluding carboxylic acids is 2. The molecule has 0 radical (unpaired) electrons. The van der Waals surface area contributed by atoms with Crippen LogP contribution in [0.15, 0.2) is 60.9 Å². The van der Waals surface area contributed by atoms with Crippen molar-refractivity contribution >= 4 is 23.2 Å². The third-order valence-electron chi connectivity index (χ3n) is 3.99. The van der Waals surface area contributed by atoms with E-state index in [4.69, 9.17) is 9.47 Å². The van der Waals surface area contributed by atoms with Gasteiger partial charge < -0.3 is 20.1 Å². The van der Waals surface area contributed by atoms with Crippen molar-refractivity contribution in [1.29, 1.82) is 0 Å². The van der Waals surface area contributed by atoms with Crippen LogP contribution in [0.5, 0.6) is 11.5 Å². The first-order valence-corrected chi connectivity index (χ1v) is 8.55. The lowest BCUT2D eigenvalue weighted by Gasteiger charge is -2.11. The molecule has 0 aliphatic carbocycles. The van der Waals surface area contributed by atoms with E-state index in [0.29, 0.717) is 22.9 Å². The Hall–Kier alpha value is -3.94. The van der Waals surface area contributed by atoms with Crippen LogP contribution in [0.3, 0.4) is 0 Å². The molecule has 1 aromatic heterocycles. The first-order chi connectivity index (χ1) is 14.0. The van der Waals surface area contributed by atoms with E-state index in [0.717, 1.165) is 0 Å². The van der Waals surface area contributed by atoms with Crippen LogP contribution in [-0.4, -0.2) is 31.0 Å². The van der Waals surface area contributed by atoms with Crippen LogP contribution < -0.4 is 20.1 Å². The van der Waals surface area contributed by atoms with Gasteiger partial charge in [-0.25, -0.2) is 4.39 Å². The van der Waals surface area contributed by atoms with Crippen LogP contribution in [0, 0.1) is 5.82 Å². The van der Waals surface area contributed by atoms with Gasteiger partial charge in [-0.15, -0.1) is 0 Å². The standard InChI is InChI=1S/C21H18FN3O4/c1-28-18-7-6-17(10-19(18)29-2)25-21(27)14-8-13(11-23-12-14)20(26)24-16-5-3-4-15(22)9-16/h3-12H,1-2H3,(H,24,26)(H,25,27). The van der Waals surface area contributed by atoms with Gasteiger partial charge in [0.1, 0.15) is 5.82 Å². The Morgan fingerprint density at radius 1 is 0.828 bits per heavy atom. The van der Waals surface area contributed by atoms with Crippen LogP contribution in [0.4, 0.5) is 15.8 Å². The number of halogens is 1. The molecular formula is C21H18FN3O4. The maximum Gasteiger partial charge on any atom is 0.257 e. The van der Waals surface area contributed by atoms with Crippen LogP contribution in [-0.2, 0) is 0 Å². The SMILES string of the molecule is COc1ccc(NC(=O)c2cncc(C(=O)Nc3cccc(F)c3)c2)cc1OC. The zero-order valence-corrected chi connectivity index (χ0v) is 15.7. The quantitative estimate of drug-likeness (QED) is 0.664. The maximum absolute atomic E-state index is 13.3. The molecule has 8 heteroatoms. The molecule has 0 bridgehead atoms. The fourth-order valence-corrected chi connectivity index (χ4v) is 2.58. The highest BCUT2D eigenvalue weighted by atomic mass is 19.1. The molecule has 2 aromatic carbocycles. The van der Waals surface area contributed by atoms with Crippen molar-refractivity contribution in [3.63, 3.8) is 0 Å². The number of pyridine rings is 1. The Balaban J connectivity index is 1.74. The van der Waals surface area contributed by atoms with Crippen molar-refractivity contribution in [2.45, 2.75) is 0 Å². The van der Waals surface area contributed by atoms with Crippen molar-refractivity contribution in [1.82, 2.24) is 4.98 Å². The largest absolute Gasteiger partial charge is 0.493 e. The van der Waals surface area contributed by atoms with Crippen LogP contribution in [0.25, 0.3) is 0 Å².